The fourth-order valence-electron chi connectivity index (χ4n) is 1.39. The Balaban J connectivity index is 2.95. The molecule has 0 aliphatic rings. The Labute approximate surface area is 111 Å². The molecule has 2 nitrogen and oxygen atoms in total. The van der Waals surface area contributed by atoms with Gasteiger partial charge >= 0.3 is 0 Å². The first-order valence-electron chi connectivity index (χ1n) is 5.63. The molecule has 0 amide bonds. The molecule has 1 heterocycles. The highest BCUT2D eigenvalue weighted by Crippen LogP contribution is 2.28. The van der Waals surface area contributed by atoms with Crippen LogP contribution >= 0.6 is 27.5 Å². The Kier molecular flexibility index (Phi) is 5.19. The second-order valence-corrected chi connectivity index (χ2v) is 5.87. The summed E-state index contributed by atoms with van der Waals surface area (Å²) >= 11 is 9.52. The molecule has 4 heteroatoms. The molecule has 16 heavy (non-hydrogen) atoms. The Morgan fingerprint density at radius 3 is 2.31 bits per heavy atom. The van der Waals surface area contributed by atoms with Crippen LogP contribution in [0.4, 0.5) is 0 Å². The predicted octanol–water partition coefficient (Wildman–Crippen LogP) is 4.60. The van der Waals surface area contributed by atoms with Crippen molar-refractivity contribution in [3.8, 4) is 0 Å². The molecule has 0 N–H and O–H groups in total. The number of halogens is 2. The van der Waals surface area contributed by atoms with Crippen LogP contribution in [0.3, 0.4) is 0 Å². The molecule has 1 aromatic rings. The van der Waals surface area contributed by atoms with E-state index < -0.39 is 0 Å². The zero-order chi connectivity index (χ0) is 12.3. The highest BCUT2D eigenvalue weighted by Gasteiger charge is 2.13. The topological polar surface area (TPSA) is 25.8 Å². The van der Waals surface area contributed by atoms with Crippen LogP contribution in [0.1, 0.15) is 51.6 Å². The summed E-state index contributed by atoms with van der Waals surface area (Å²) in [6.07, 6.45) is 1.99. The summed E-state index contributed by atoms with van der Waals surface area (Å²) in [6, 6.07) is 0. The van der Waals surface area contributed by atoms with Crippen LogP contribution in [0.2, 0.25) is 5.15 Å². The lowest BCUT2D eigenvalue weighted by molar-refractivity contribution is 0.572. The molecule has 0 bridgehead atoms. The minimum absolute atomic E-state index is 0.354. The van der Waals surface area contributed by atoms with Gasteiger partial charge in [-0.25, -0.2) is 9.97 Å². The smallest absolute Gasteiger partial charge is 0.147 e. The highest BCUT2D eigenvalue weighted by molar-refractivity contribution is 9.10. The molecule has 0 unspecified atom stereocenters. The van der Waals surface area contributed by atoms with Crippen LogP contribution in [0.25, 0.3) is 0 Å². The summed E-state index contributed by atoms with van der Waals surface area (Å²) in [5.74, 6) is 1.87. The van der Waals surface area contributed by atoms with Crippen LogP contribution in [-0.4, -0.2) is 9.97 Å². The summed E-state index contributed by atoms with van der Waals surface area (Å²) in [7, 11) is 0. The minimum Gasteiger partial charge on any atom is -0.236 e. The van der Waals surface area contributed by atoms with Crippen molar-refractivity contribution < 1.29 is 0 Å². The van der Waals surface area contributed by atoms with Crippen molar-refractivity contribution in [1.29, 1.82) is 0 Å². The molecule has 0 spiro atoms. The summed E-state index contributed by atoms with van der Waals surface area (Å²) < 4.78 is 0.831. The lowest BCUT2D eigenvalue weighted by Gasteiger charge is -2.11. The first-order valence-corrected chi connectivity index (χ1v) is 6.80. The van der Waals surface area contributed by atoms with E-state index in [1.54, 1.807) is 0 Å². The maximum absolute atomic E-state index is 6.08. The van der Waals surface area contributed by atoms with Crippen molar-refractivity contribution in [2.45, 2.75) is 46.5 Å². The number of hydrogen-bond donors (Lipinski definition) is 0. The normalized spacial score (nSPS) is 11.5. The van der Waals surface area contributed by atoms with Gasteiger partial charge in [-0.1, -0.05) is 39.3 Å². The third-order valence-electron chi connectivity index (χ3n) is 2.37. The molecular formula is C12H18BrClN2. The zero-order valence-corrected chi connectivity index (χ0v) is 12.6. The standard InChI is InChI=1S/C12H18BrClN2/c1-7(2)5-6-9-15-11(8(3)4)10(13)12(14)16-9/h7-8H,5-6H2,1-4H3. The van der Waals surface area contributed by atoms with E-state index in [4.69, 9.17) is 11.6 Å². The van der Waals surface area contributed by atoms with Crippen molar-refractivity contribution in [2.24, 2.45) is 5.92 Å². The largest absolute Gasteiger partial charge is 0.236 e. The van der Waals surface area contributed by atoms with E-state index in [0.717, 1.165) is 28.8 Å². The van der Waals surface area contributed by atoms with Crippen LogP contribution in [0, 0.1) is 5.92 Å². The number of rotatable bonds is 4. The summed E-state index contributed by atoms with van der Waals surface area (Å²) in [4.78, 5) is 8.86. The summed E-state index contributed by atoms with van der Waals surface area (Å²) in [5.41, 5.74) is 0.999. The van der Waals surface area contributed by atoms with E-state index in [-0.39, 0.29) is 0 Å². The molecule has 0 fully saturated rings. The molecule has 0 aromatic carbocycles. The Hall–Kier alpha value is -0.150. The molecule has 1 aromatic heterocycles. The molecule has 0 atom stereocenters. The van der Waals surface area contributed by atoms with Gasteiger partial charge in [0.2, 0.25) is 0 Å². The molecule has 0 saturated heterocycles. The molecule has 90 valence electrons. The van der Waals surface area contributed by atoms with Crippen molar-refractivity contribution in [1.82, 2.24) is 9.97 Å². The molecule has 0 radical (unpaired) electrons. The van der Waals surface area contributed by atoms with E-state index in [9.17, 15) is 0 Å². The van der Waals surface area contributed by atoms with Gasteiger partial charge < -0.3 is 0 Å². The lowest BCUT2D eigenvalue weighted by Crippen LogP contribution is -2.04. The zero-order valence-electron chi connectivity index (χ0n) is 10.2. The predicted molar refractivity (Wildman–Crippen MR) is 72.0 cm³/mol. The van der Waals surface area contributed by atoms with Gasteiger partial charge in [0.1, 0.15) is 11.0 Å². The van der Waals surface area contributed by atoms with E-state index in [2.05, 4.69) is 53.6 Å². The average molecular weight is 306 g/mol. The van der Waals surface area contributed by atoms with Crippen LogP contribution in [0.15, 0.2) is 4.47 Å². The number of aromatic nitrogens is 2. The Morgan fingerprint density at radius 1 is 1.19 bits per heavy atom. The molecule has 0 saturated carbocycles. The second-order valence-electron chi connectivity index (χ2n) is 4.72. The summed E-state index contributed by atoms with van der Waals surface area (Å²) in [6.45, 7) is 8.61. The van der Waals surface area contributed by atoms with Gasteiger partial charge in [0.05, 0.1) is 10.2 Å². The average Bonchev–Trinajstić information content (AvgIpc) is 2.19. The summed E-state index contributed by atoms with van der Waals surface area (Å²) in [5, 5.41) is 0.525. The van der Waals surface area contributed by atoms with Gasteiger partial charge in [-0.2, -0.15) is 0 Å². The van der Waals surface area contributed by atoms with Crippen LogP contribution in [0.5, 0.6) is 0 Å². The maximum Gasteiger partial charge on any atom is 0.147 e. The van der Waals surface area contributed by atoms with Crippen molar-refractivity contribution in [2.75, 3.05) is 0 Å². The van der Waals surface area contributed by atoms with Crippen molar-refractivity contribution in [3.05, 3.63) is 21.1 Å². The van der Waals surface area contributed by atoms with Gasteiger partial charge in [-0.05, 0) is 34.2 Å². The van der Waals surface area contributed by atoms with Crippen molar-refractivity contribution in [3.63, 3.8) is 0 Å². The van der Waals surface area contributed by atoms with E-state index >= 15 is 0 Å². The fraction of sp³-hybridized carbons (Fsp3) is 0.667. The molecule has 1 rings (SSSR count). The van der Waals surface area contributed by atoms with Gasteiger partial charge in [-0.3, -0.25) is 0 Å². The quantitative estimate of drug-likeness (QED) is 0.759. The highest BCUT2D eigenvalue weighted by atomic mass is 79.9. The monoisotopic (exact) mass is 304 g/mol. The molecule has 0 aliphatic heterocycles. The van der Waals surface area contributed by atoms with Gasteiger partial charge in [-0.15, -0.1) is 0 Å². The van der Waals surface area contributed by atoms with E-state index in [0.29, 0.717) is 17.0 Å². The number of hydrogen-bond acceptors (Lipinski definition) is 2. The SMILES string of the molecule is CC(C)CCc1nc(Cl)c(Br)c(C(C)C)n1. The maximum atomic E-state index is 6.08. The van der Waals surface area contributed by atoms with Gasteiger partial charge in [0, 0.05) is 6.42 Å². The molecule has 0 aliphatic carbocycles. The first-order chi connectivity index (χ1) is 7.41. The molecular weight excluding hydrogens is 288 g/mol. The Bertz CT molecular complexity index is 364. The minimum atomic E-state index is 0.354. The number of nitrogens with zero attached hydrogens (tertiary/aromatic N) is 2. The van der Waals surface area contributed by atoms with E-state index in [1.807, 2.05) is 0 Å². The van der Waals surface area contributed by atoms with Crippen molar-refractivity contribution >= 4 is 27.5 Å². The lowest BCUT2D eigenvalue weighted by atomic mass is 10.1. The third-order valence-corrected chi connectivity index (χ3v) is 3.66. The van der Waals surface area contributed by atoms with Gasteiger partial charge in [0.15, 0.2) is 0 Å². The van der Waals surface area contributed by atoms with Crippen LogP contribution < -0.4 is 0 Å². The second kappa shape index (κ2) is 5.97. The van der Waals surface area contributed by atoms with E-state index in [1.165, 1.54) is 0 Å². The fourth-order valence-corrected chi connectivity index (χ4v) is 2.22. The third kappa shape index (κ3) is 3.70. The van der Waals surface area contributed by atoms with Gasteiger partial charge in [0.25, 0.3) is 0 Å². The number of aryl methyl sites for hydroxylation is 1. The van der Waals surface area contributed by atoms with Crippen LogP contribution in [-0.2, 0) is 6.42 Å². The first kappa shape index (κ1) is 13.9. The Morgan fingerprint density at radius 2 is 1.81 bits per heavy atom.